The number of benzene rings is 2. The minimum atomic E-state index is -0.792. The molecule has 0 radical (unpaired) electrons. The second-order valence-corrected chi connectivity index (χ2v) is 6.01. The predicted octanol–water partition coefficient (Wildman–Crippen LogP) is 3.56. The summed E-state index contributed by atoms with van der Waals surface area (Å²) >= 11 is 0. The summed E-state index contributed by atoms with van der Waals surface area (Å²) in [6.45, 7) is 1.64. The summed E-state index contributed by atoms with van der Waals surface area (Å²) in [6.07, 6.45) is 0. The Morgan fingerprint density at radius 1 is 1.00 bits per heavy atom. The second-order valence-electron chi connectivity index (χ2n) is 6.01. The molecule has 0 aliphatic rings. The van der Waals surface area contributed by atoms with Crippen LogP contribution in [0.3, 0.4) is 0 Å². The van der Waals surface area contributed by atoms with E-state index in [9.17, 15) is 13.2 Å². The molecule has 9 heteroatoms. The van der Waals surface area contributed by atoms with Crippen LogP contribution >= 0.6 is 0 Å². The number of hydrogen-bond acceptors (Lipinski definition) is 4. The van der Waals surface area contributed by atoms with Crippen molar-refractivity contribution in [1.29, 1.82) is 0 Å². The molecule has 138 valence electrons. The van der Waals surface area contributed by atoms with Crippen molar-refractivity contribution in [2.45, 2.75) is 6.92 Å². The molecule has 0 unspecified atom stereocenters. The number of aromatic nitrogens is 5. The lowest BCUT2D eigenvalue weighted by molar-refractivity contribution is 0.407. The summed E-state index contributed by atoms with van der Waals surface area (Å²) in [5.41, 5.74) is 1.18. The van der Waals surface area contributed by atoms with E-state index in [1.807, 2.05) is 0 Å². The lowest BCUT2D eigenvalue weighted by atomic mass is 10.0. The van der Waals surface area contributed by atoms with Crippen LogP contribution in [-0.4, -0.2) is 31.9 Å². The Morgan fingerprint density at radius 2 is 1.70 bits per heavy atom. The molecule has 2 aromatic heterocycles. The zero-order chi connectivity index (χ0) is 19.3. The van der Waals surface area contributed by atoms with Gasteiger partial charge in [-0.05, 0) is 19.1 Å². The predicted molar refractivity (Wildman–Crippen MR) is 92.2 cm³/mol. The molecule has 4 rings (SSSR count). The number of halogens is 3. The Balaban J connectivity index is 2.03. The van der Waals surface area contributed by atoms with Gasteiger partial charge in [-0.3, -0.25) is 4.68 Å². The average molecular weight is 373 g/mol. The Bertz CT molecular complexity index is 1160. The molecule has 2 heterocycles. The number of hydrogen-bond donors (Lipinski definition) is 0. The largest absolute Gasteiger partial charge is 0.497 e. The fraction of sp³-hybridized carbons (Fsp3) is 0.167. The molecule has 4 aromatic rings. The van der Waals surface area contributed by atoms with Crippen LogP contribution in [0.1, 0.15) is 5.69 Å². The smallest absolute Gasteiger partial charge is 0.162 e. The summed E-state index contributed by atoms with van der Waals surface area (Å²) in [6, 6.07) is 6.19. The van der Waals surface area contributed by atoms with Crippen LogP contribution in [0, 0.1) is 24.4 Å². The molecule has 0 aliphatic carbocycles. The highest BCUT2D eigenvalue weighted by Gasteiger charge is 2.25. The van der Waals surface area contributed by atoms with Gasteiger partial charge in [0.15, 0.2) is 5.82 Å². The summed E-state index contributed by atoms with van der Waals surface area (Å²) in [5.74, 6) is -1.66. The van der Waals surface area contributed by atoms with Crippen molar-refractivity contribution in [3.8, 4) is 22.7 Å². The topological polar surface area (TPSA) is 57.8 Å². The molecule has 6 nitrogen and oxygen atoms in total. The molecule has 2 aromatic carbocycles. The number of methoxy groups -OCH3 is 1. The second kappa shape index (κ2) is 6.11. The van der Waals surface area contributed by atoms with Crippen molar-refractivity contribution >= 4 is 11.0 Å². The van der Waals surface area contributed by atoms with Crippen LogP contribution in [0.5, 0.6) is 5.75 Å². The van der Waals surface area contributed by atoms with Crippen LogP contribution in [0.15, 0.2) is 30.3 Å². The van der Waals surface area contributed by atoms with Gasteiger partial charge in [0.2, 0.25) is 0 Å². The molecule has 27 heavy (non-hydrogen) atoms. The van der Waals surface area contributed by atoms with Gasteiger partial charge in [-0.1, -0.05) is 5.21 Å². The zero-order valence-electron chi connectivity index (χ0n) is 14.7. The van der Waals surface area contributed by atoms with Gasteiger partial charge >= 0.3 is 0 Å². The third kappa shape index (κ3) is 2.62. The van der Waals surface area contributed by atoms with Crippen molar-refractivity contribution in [3.63, 3.8) is 0 Å². The maximum Gasteiger partial charge on any atom is 0.162 e. The fourth-order valence-corrected chi connectivity index (χ4v) is 3.14. The number of aryl methyl sites for hydroxylation is 2. The summed E-state index contributed by atoms with van der Waals surface area (Å²) in [7, 11) is 2.96. The zero-order valence-corrected chi connectivity index (χ0v) is 14.7. The first-order valence-corrected chi connectivity index (χ1v) is 7.99. The highest BCUT2D eigenvalue weighted by molar-refractivity contribution is 5.81. The number of fused-ring (bicyclic) bond motifs is 1. The normalized spacial score (nSPS) is 11.3. The van der Waals surface area contributed by atoms with E-state index >= 15 is 0 Å². The molecule has 0 fully saturated rings. The molecule has 0 amide bonds. The van der Waals surface area contributed by atoms with Crippen molar-refractivity contribution in [1.82, 2.24) is 24.8 Å². The fourth-order valence-electron chi connectivity index (χ4n) is 3.14. The molecule has 0 saturated carbocycles. The van der Waals surface area contributed by atoms with E-state index in [1.165, 1.54) is 34.7 Å². The van der Waals surface area contributed by atoms with Crippen LogP contribution < -0.4 is 4.74 Å². The maximum absolute atomic E-state index is 14.7. The number of rotatable bonds is 3. The standard InChI is InChI=1S/C18H14F3N5O/c1-9-16(17-12(20)7-11(27-3)8-13(17)21)18(25(2)23-9)26-15-5-4-10(19)6-14(15)22-24-26/h4-8H,1-3H3. The van der Waals surface area contributed by atoms with Crippen molar-refractivity contribution in [3.05, 3.63) is 53.5 Å². The molecule has 0 atom stereocenters. The lowest BCUT2D eigenvalue weighted by Gasteiger charge is -2.11. The molecular weight excluding hydrogens is 359 g/mol. The first kappa shape index (κ1) is 17.1. The van der Waals surface area contributed by atoms with Gasteiger partial charge in [-0.25, -0.2) is 13.2 Å². The molecule has 0 spiro atoms. The van der Waals surface area contributed by atoms with Crippen LogP contribution in [0.25, 0.3) is 28.0 Å². The van der Waals surface area contributed by atoms with Crippen LogP contribution in [0.2, 0.25) is 0 Å². The number of ether oxygens (including phenoxy) is 1. The number of nitrogens with zero attached hydrogens (tertiary/aromatic N) is 5. The van der Waals surface area contributed by atoms with Gasteiger partial charge in [-0.15, -0.1) is 5.10 Å². The third-order valence-corrected chi connectivity index (χ3v) is 4.30. The van der Waals surface area contributed by atoms with E-state index in [2.05, 4.69) is 15.4 Å². The molecule has 0 N–H and O–H groups in total. The summed E-state index contributed by atoms with van der Waals surface area (Å²) in [5, 5.41) is 12.2. The third-order valence-electron chi connectivity index (χ3n) is 4.30. The van der Waals surface area contributed by atoms with E-state index in [-0.39, 0.29) is 16.9 Å². The quantitative estimate of drug-likeness (QED) is 0.551. The first-order valence-electron chi connectivity index (χ1n) is 7.99. The van der Waals surface area contributed by atoms with Crippen LogP contribution in [-0.2, 0) is 7.05 Å². The molecular formula is C18H14F3N5O. The van der Waals surface area contributed by atoms with E-state index in [4.69, 9.17) is 4.74 Å². The minimum Gasteiger partial charge on any atom is -0.497 e. The van der Waals surface area contributed by atoms with Crippen molar-refractivity contribution in [2.24, 2.45) is 7.05 Å². The minimum absolute atomic E-state index is 0.0681. The first-order chi connectivity index (χ1) is 12.9. The van der Waals surface area contributed by atoms with Gasteiger partial charge in [0, 0.05) is 25.2 Å². The van der Waals surface area contributed by atoms with Crippen LogP contribution in [0.4, 0.5) is 13.2 Å². The Labute approximate surface area is 151 Å². The molecule has 0 aliphatic heterocycles. The average Bonchev–Trinajstić information content (AvgIpc) is 3.14. The van der Waals surface area contributed by atoms with Crippen molar-refractivity contribution < 1.29 is 17.9 Å². The summed E-state index contributed by atoms with van der Waals surface area (Å²) < 4.78 is 50.6. The SMILES string of the molecule is COc1cc(F)c(-c2c(C)nn(C)c2-n2nnc3cc(F)ccc32)c(F)c1. The van der Waals surface area contributed by atoms with Gasteiger partial charge in [-0.2, -0.15) is 9.78 Å². The van der Waals surface area contributed by atoms with E-state index in [0.29, 0.717) is 22.5 Å². The van der Waals surface area contributed by atoms with E-state index in [0.717, 1.165) is 12.1 Å². The summed E-state index contributed by atoms with van der Waals surface area (Å²) in [4.78, 5) is 0. The lowest BCUT2D eigenvalue weighted by Crippen LogP contribution is -2.07. The van der Waals surface area contributed by atoms with E-state index < -0.39 is 17.5 Å². The Hall–Kier alpha value is -3.36. The van der Waals surface area contributed by atoms with Crippen molar-refractivity contribution in [2.75, 3.05) is 7.11 Å². The highest BCUT2D eigenvalue weighted by atomic mass is 19.1. The van der Waals surface area contributed by atoms with Gasteiger partial charge < -0.3 is 4.74 Å². The molecule has 0 bridgehead atoms. The highest BCUT2D eigenvalue weighted by Crippen LogP contribution is 2.36. The maximum atomic E-state index is 14.7. The Morgan fingerprint density at radius 3 is 2.37 bits per heavy atom. The van der Waals surface area contributed by atoms with Gasteiger partial charge in [0.25, 0.3) is 0 Å². The van der Waals surface area contributed by atoms with Gasteiger partial charge in [0.05, 0.1) is 29.4 Å². The Kier molecular flexibility index (Phi) is 3.87. The monoisotopic (exact) mass is 373 g/mol. The van der Waals surface area contributed by atoms with Gasteiger partial charge in [0.1, 0.15) is 28.7 Å². The molecule has 0 saturated heterocycles. The van der Waals surface area contributed by atoms with E-state index in [1.54, 1.807) is 14.0 Å².